The van der Waals surface area contributed by atoms with Gasteiger partial charge in [-0.2, -0.15) is 4.98 Å². The van der Waals surface area contributed by atoms with Crippen molar-refractivity contribution in [2.45, 2.75) is 32.4 Å². The topological polar surface area (TPSA) is 78.2 Å². The van der Waals surface area contributed by atoms with Crippen LogP contribution in [0.15, 0.2) is 4.79 Å². The second-order valence-corrected chi connectivity index (χ2v) is 5.37. The molecule has 0 bridgehead atoms. The molecule has 3 N–H and O–H groups in total. The lowest BCUT2D eigenvalue weighted by molar-refractivity contribution is 0.359. The van der Waals surface area contributed by atoms with Crippen LogP contribution in [0.2, 0.25) is 0 Å². The summed E-state index contributed by atoms with van der Waals surface area (Å²) in [6, 6.07) is 0.579. The second-order valence-electron chi connectivity index (χ2n) is 5.37. The third-order valence-electron chi connectivity index (χ3n) is 3.22. The number of anilines is 2. The molecule has 1 aromatic heterocycles. The molecular weight excluding hydrogens is 230 g/mol. The second kappa shape index (κ2) is 4.61. The maximum atomic E-state index is 11.9. The van der Waals surface area contributed by atoms with Gasteiger partial charge < -0.3 is 15.5 Å². The Hall–Kier alpha value is -1.56. The lowest BCUT2D eigenvalue weighted by atomic mass is 10.1. The van der Waals surface area contributed by atoms with E-state index in [0.717, 1.165) is 24.3 Å². The third kappa shape index (κ3) is 2.20. The summed E-state index contributed by atoms with van der Waals surface area (Å²) >= 11 is 0. The van der Waals surface area contributed by atoms with E-state index >= 15 is 0 Å². The molecule has 1 aliphatic rings. The highest BCUT2D eigenvalue weighted by Gasteiger charge is 2.34. The van der Waals surface area contributed by atoms with Crippen LogP contribution < -0.4 is 16.2 Å². The van der Waals surface area contributed by atoms with Gasteiger partial charge in [0.05, 0.1) is 5.56 Å². The van der Waals surface area contributed by atoms with E-state index in [2.05, 4.69) is 33.6 Å². The van der Waals surface area contributed by atoms with Crippen molar-refractivity contribution in [2.75, 3.05) is 31.3 Å². The number of aromatic amines is 1. The SMILES string of the molecule is CC(C)N1c2nc(N)[nH]c(=O)c2CC1CN(C)C. The molecule has 6 nitrogen and oxygen atoms in total. The Morgan fingerprint density at radius 2 is 2.22 bits per heavy atom. The summed E-state index contributed by atoms with van der Waals surface area (Å²) in [5, 5.41) is 0. The van der Waals surface area contributed by atoms with Gasteiger partial charge in [-0.05, 0) is 27.9 Å². The molecule has 1 aliphatic heterocycles. The van der Waals surface area contributed by atoms with Gasteiger partial charge in [0.15, 0.2) is 0 Å². The van der Waals surface area contributed by atoms with E-state index < -0.39 is 0 Å². The van der Waals surface area contributed by atoms with Crippen LogP contribution in [-0.2, 0) is 6.42 Å². The number of hydrogen-bond donors (Lipinski definition) is 2. The summed E-state index contributed by atoms with van der Waals surface area (Å²) in [6.45, 7) is 5.11. The molecule has 6 heteroatoms. The largest absolute Gasteiger partial charge is 0.369 e. The molecule has 0 fully saturated rings. The molecule has 0 amide bonds. The Morgan fingerprint density at radius 3 is 2.78 bits per heavy atom. The molecule has 0 radical (unpaired) electrons. The quantitative estimate of drug-likeness (QED) is 0.794. The minimum atomic E-state index is -0.107. The number of rotatable bonds is 3. The highest BCUT2D eigenvalue weighted by atomic mass is 16.1. The Balaban J connectivity index is 2.43. The highest BCUT2D eigenvalue weighted by Crippen LogP contribution is 2.30. The predicted octanol–water partition coefficient (Wildman–Crippen LogP) is 0.0532. The van der Waals surface area contributed by atoms with Gasteiger partial charge in [0.2, 0.25) is 5.95 Å². The normalized spacial score (nSPS) is 18.8. The lowest BCUT2D eigenvalue weighted by Crippen LogP contribution is -2.44. The zero-order chi connectivity index (χ0) is 13.4. The van der Waals surface area contributed by atoms with Crippen molar-refractivity contribution in [1.29, 1.82) is 0 Å². The maximum Gasteiger partial charge on any atom is 0.257 e. The first kappa shape index (κ1) is 12.9. The minimum Gasteiger partial charge on any atom is -0.369 e. The van der Waals surface area contributed by atoms with Crippen LogP contribution in [0.4, 0.5) is 11.8 Å². The van der Waals surface area contributed by atoms with Crippen LogP contribution in [0.25, 0.3) is 0 Å². The van der Waals surface area contributed by atoms with Gasteiger partial charge in [-0.25, -0.2) is 0 Å². The molecule has 2 heterocycles. The zero-order valence-corrected chi connectivity index (χ0v) is 11.4. The Labute approximate surface area is 107 Å². The monoisotopic (exact) mass is 251 g/mol. The summed E-state index contributed by atoms with van der Waals surface area (Å²) in [7, 11) is 4.07. The van der Waals surface area contributed by atoms with Crippen LogP contribution in [0.1, 0.15) is 19.4 Å². The number of aromatic nitrogens is 2. The number of nitrogen functional groups attached to an aromatic ring is 1. The Kier molecular flexibility index (Phi) is 3.30. The first-order valence-corrected chi connectivity index (χ1v) is 6.22. The fourth-order valence-corrected chi connectivity index (χ4v) is 2.65. The smallest absolute Gasteiger partial charge is 0.257 e. The van der Waals surface area contributed by atoms with Crippen molar-refractivity contribution < 1.29 is 0 Å². The number of likely N-dealkylation sites (N-methyl/N-ethyl adjacent to an activating group) is 1. The van der Waals surface area contributed by atoms with Crippen LogP contribution in [0.3, 0.4) is 0 Å². The summed E-state index contributed by atoms with van der Waals surface area (Å²) in [5.41, 5.74) is 6.28. The van der Waals surface area contributed by atoms with Gasteiger partial charge in [0.1, 0.15) is 5.82 Å². The van der Waals surface area contributed by atoms with Crippen LogP contribution in [-0.4, -0.2) is 47.6 Å². The molecule has 1 unspecified atom stereocenters. The average molecular weight is 251 g/mol. The van der Waals surface area contributed by atoms with Crippen molar-refractivity contribution in [3.05, 3.63) is 15.9 Å². The standard InChI is InChI=1S/C12H21N5O/c1-7(2)17-8(6-16(3)4)5-9-10(17)14-12(13)15-11(9)18/h7-8H,5-6H2,1-4H3,(H3,13,14,15,18). The Morgan fingerprint density at radius 1 is 1.56 bits per heavy atom. The van der Waals surface area contributed by atoms with Crippen molar-refractivity contribution in [2.24, 2.45) is 0 Å². The molecule has 2 rings (SSSR count). The first-order chi connectivity index (χ1) is 8.40. The molecule has 0 aromatic carbocycles. The fourth-order valence-electron chi connectivity index (χ4n) is 2.65. The van der Waals surface area contributed by atoms with Gasteiger partial charge in [-0.15, -0.1) is 0 Å². The Bertz CT molecular complexity index is 494. The van der Waals surface area contributed by atoms with Crippen molar-refractivity contribution in [1.82, 2.24) is 14.9 Å². The number of H-pyrrole nitrogens is 1. The van der Waals surface area contributed by atoms with E-state index in [1.807, 2.05) is 14.1 Å². The molecule has 100 valence electrons. The molecule has 0 spiro atoms. The molecule has 0 saturated heterocycles. The summed E-state index contributed by atoms with van der Waals surface area (Å²) in [6.07, 6.45) is 0.730. The van der Waals surface area contributed by atoms with Gasteiger partial charge in [-0.3, -0.25) is 9.78 Å². The highest BCUT2D eigenvalue weighted by molar-refractivity contribution is 5.55. The third-order valence-corrected chi connectivity index (χ3v) is 3.22. The van der Waals surface area contributed by atoms with Gasteiger partial charge in [0.25, 0.3) is 5.56 Å². The van der Waals surface area contributed by atoms with E-state index in [1.54, 1.807) is 0 Å². The van der Waals surface area contributed by atoms with E-state index in [9.17, 15) is 4.79 Å². The number of nitrogens with one attached hydrogen (secondary N) is 1. The van der Waals surface area contributed by atoms with Gasteiger partial charge >= 0.3 is 0 Å². The van der Waals surface area contributed by atoms with Crippen LogP contribution in [0, 0.1) is 0 Å². The number of nitrogens with two attached hydrogens (primary N) is 1. The fraction of sp³-hybridized carbons (Fsp3) is 0.667. The summed E-state index contributed by atoms with van der Waals surface area (Å²) in [5.74, 6) is 0.938. The number of hydrogen-bond acceptors (Lipinski definition) is 5. The molecule has 1 aromatic rings. The maximum absolute atomic E-state index is 11.9. The van der Waals surface area contributed by atoms with Gasteiger partial charge in [0, 0.05) is 25.0 Å². The average Bonchev–Trinajstić information content (AvgIpc) is 2.54. The minimum absolute atomic E-state index is 0.107. The molecule has 0 saturated carbocycles. The van der Waals surface area contributed by atoms with Crippen molar-refractivity contribution in [3.8, 4) is 0 Å². The van der Waals surface area contributed by atoms with Crippen LogP contribution >= 0.6 is 0 Å². The summed E-state index contributed by atoms with van der Waals surface area (Å²) in [4.78, 5) is 23.1. The van der Waals surface area contributed by atoms with Gasteiger partial charge in [-0.1, -0.05) is 0 Å². The molecule has 18 heavy (non-hydrogen) atoms. The van der Waals surface area contributed by atoms with E-state index in [1.165, 1.54) is 0 Å². The van der Waals surface area contributed by atoms with Crippen molar-refractivity contribution in [3.63, 3.8) is 0 Å². The predicted molar refractivity (Wildman–Crippen MR) is 72.9 cm³/mol. The number of nitrogens with zero attached hydrogens (tertiary/aromatic N) is 3. The molecule has 1 atom stereocenters. The van der Waals surface area contributed by atoms with E-state index in [4.69, 9.17) is 5.73 Å². The molecular formula is C12H21N5O. The number of fused-ring (bicyclic) bond motifs is 1. The first-order valence-electron chi connectivity index (χ1n) is 6.22. The van der Waals surface area contributed by atoms with E-state index in [-0.39, 0.29) is 17.5 Å². The lowest BCUT2D eigenvalue weighted by Gasteiger charge is -2.32. The zero-order valence-electron chi connectivity index (χ0n) is 11.4. The van der Waals surface area contributed by atoms with E-state index in [0.29, 0.717) is 6.04 Å². The molecule has 0 aliphatic carbocycles. The van der Waals surface area contributed by atoms with Crippen LogP contribution in [0.5, 0.6) is 0 Å². The van der Waals surface area contributed by atoms with Crippen molar-refractivity contribution >= 4 is 11.8 Å². The summed E-state index contributed by atoms with van der Waals surface area (Å²) < 4.78 is 0.